The van der Waals surface area contributed by atoms with Gasteiger partial charge in [0.2, 0.25) is 0 Å². The van der Waals surface area contributed by atoms with E-state index in [4.69, 9.17) is 0 Å². The zero-order chi connectivity index (χ0) is 20.1. The molecule has 0 saturated carbocycles. The maximum absolute atomic E-state index is 13.6. The van der Waals surface area contributed by atoms with Gasteiger partial charge in [-0.05, 0) is 42.5 Å². The van der Waals surface area contributed by atoms with Gasteiger partial charge in [-0.2, -0.15) is 9.49 Å². The maximum atomic E-state index is 13.6. The summed E-state index contributed by atoms with van der Waals surface area (Å²) in [5.41, 5.74) is 6.42. The minimum atomic E-state index is -0.188. The molecule has 0 radical (unpaired) electrons. The van der Waals surface area contributed by atoms with Crippen LogP contribution in [0.4, 0.5) is 4.39 Å². The number of benzene rings is 1. The number of nitrogens with one attached hydrogen (secondary N) is 2. The molecular weight excluding hydrogens is 397 g/mol. The van der Waals surface area contributed by atoms with E-state index in [0.29, 0.717) is 0 Å². The number of H-pyrrole nitrogens is 2. The van der Waals surface area contributed by atoms with Gasteiger partial charge >= 0.3 is 0 Å². The molecular formula is C23H14FN5S. The lowest BCUT2D eigenvalue weighted by Crippen LogP contribution is -1.84. The second-order valence-corrected chi connectivity index (χ2v) is 8.01. The van der Waals surface area contributed by atoms with Crippen molar-refractivity contribution in [3.8, 4) is 33.1 Å². The van der Waals surface area contributed by atoms with Crippen LogP contribution >= 0.6 is 11.3 Å². The Morgan fingerprint density at radius 3 is 2.63 bits per heavy atom. The summed E-state index contributed by atoms with van der Waals surface area (Å²) in [5.74, 6) is 0. The average molecular weight is 411 g/mol. The number of halogens is 1. The summed E-state index contributed by atoms with van der Waals surface area (Å²) in [7, 11) is 0. The highest BCUT2D eigenvalue weighted by Crippen LogP contribution is 2.36. The number of thiophene rings is 1. The summed E-state index contributed by atoms with van der Waals surface area (Å²) in [6, 6.07) is 17.3. The van der Waals surface area contributed by atoms with Gasteiger partial charge in [0, 0.05) is 44.7 Å². The first-order chi connectivity index (χ1) is 14.8. The van der Waals surface area contributed by atoms with Crippen molar-refractivity contribution < 1.29 is 4.39 Å². The van der Waals surface area contributed by atoms with E-state index in [9.17, 15) is 4.39 Å². The molecule has 0 aliphatic heterocycles. The molecule has 0 atom stereocenters. The van der Waals surface area contributed by atoms with Crippen LogP contribution in [0.25, 0.3) is 54.9 Å². The van der Waals surface area contributed by atoms with Crippen LogP contribution in [0.2, 0.25) is 0 Å². The lowest BCUT2D eigenvalue weighted by Gasteiger charge is -2.00. The lowest BCUT2D eigenvalue weighted by atomic mass is 10.1. The highest BCUT2D eigenvalue weighted by atomic mass is 32.1. The van der Waals surface area contributed by atoms with E-state index in [1.165, 1.54) is 6.07 Å². The van der Waals surface area contributed by atoms with Crippen molar-refractivity contribution in [2.24, 2.45) is 0 Å². The first-order valence-electron chi connectivity index (χ1n) is 9.38. The molecule has 0 saturated heterocycles. The molecule has 0 amide bonds. The Morgan fingerprint density at radius 2 is 1.80 bits per heavy atom. The van der Waals surface area contributed by atoms with Gasteiger partial charge in [-0.25, -0.2) is 0 Å². The zero-order valence-corrected chi connectivity index (χ0v) is 16.4. The SMILES string of the molecule is Fc1ccc(-c2cccc3[nH]c(-c4n[nH]c5cnc(-c6ccncc6)cc45)cc23)s1. The van der Waals surface area contributed by atoms with Gasteiger partial charge in [0.1, 0.15) is 5.69 Å². The van der Waals surface area contributed by atoms with Gasteiger partial charge in [-0.1, -0.05) is 12.1 Å². The number of pyridine rings is 2. The molecule has 2 N–H and O–H groups in total. The van der Waals surface area contributed by atoms with Gasteiger partial charge < -0.3 is 4.98 Å². The van der Waals surface area contributed by atoms with Crippen LogP contribution in [0.3, 0.4) is 0 Å². The number of aromatic nitrogens is 5. The molecule has 6 aromatic rings. The molecule has 0 fully saturated rings. The van der Waals surface area contributed by atoms with Crippen LogP contribution in [0.5, 0.6) is 0 Å². The first-order valence-corrected chi connectivity index (χ1v) is 10.2. The Morgan fingerprint density at radius 1 is 0.900 bits per heavy atom. The molecule has 1 aromatic carbocycles. The van der Waals surface area contributed by atoms with Crippen molar-refractivity contribution in [1.82, 2.24) is 25.1 Å². The molecule has 0 spiro atoms. The van der Waals surface area contributed by atoms with Crippen LogP contribution in [0, 0.1) is 5.13 Å². The molecule has 144 valence electrons. The van der Waals surface area contributed by atoms with Gasteiger partial charge in [0.25, 0.3) is 0 Å². The van der Waals surface area contributed by atoms with Crippen molar-refractivity contribution in [3.63, 3.8) is 0 Å². The van der Waals surface area contributed by atoms with E-state index < -0.39 is 0 Å². The molecule has 7 heteroatoms. The normalized spacial score (nSPS) is 11.5. The summed E-state index contributed by atoms with van der Waals surface area (Å²) >= 11 is 1.15. The number of rotatable bonds is 3. The molecule has 6 rings (SSSR count). The molecule has 0 unspecified atom stereocenters. The van der Waals surface area contributed by atoms with Crippen molar-refractivity contribution >= 4 is 33.1 Å². The van der Waals surface area contributed by atoms with Gasteiger partial charge in [-0.3, -0.25) is 15.1 Å². The van der Waals surface area contributed by atoms with Crippen LogP contribution in [0.15, 0.2) is 73.2 Å². The van der Waals surface area contributed by atoms with Crippen LogP contribution in [-0.4, -0.2) is 25.1 Å². The third kappa shape index (κ3) is 2.71. The van der Waals surface area contributed by atoms with Gasteiger partial charge in [-0.15, -0.1) is 11.3 Å². The third-order valence-electron chi connectivity index (χ3n) is 5.18. The monoisotopic (exact) mass is 411 g/mol. The van der Waals surface area contributed by atoms with E-state index in [-0.39, 0.29) is 5.13 Å². The highest BCUT2D eigenvalue weighted by Gasteiger charge is 2.15. The quantitative estimate of drug-likeness (QED) is 0.373. The summed E-state index contributed by atoms with van der Waals surface area (Å²) in [5, 5.41) is 9.43. The molecule has 0 aliphatic carbocycles. The van der Waals surface area contributed by atoms with E-state index in [1.807, 2.05) is 42.5 Å². The Hall–Kier alpha value is -3.84. The molecule has 0 aliphatic rings. The molecule has 30 heavy (non-hydrogen) atoms. The molecule has 5 heterocycles. The second kappa shape index (κ2) is 6.60. The Balaban J connectivity index is 1.52. The third-order valence-corrected chi connectivity index (χ3v) is 6.09. The average Bonchev–Trinajstić information content (AvgIpc) is 3.51. The number of hydrogen-bond donors (Lipinski definition) is 2. The fourth-order valence-electron chi connectivity index (χ4n) is 3.76. The van der Waals surface area contributed by atoms with Crippen LogP contribution in [-0.2, 0) is 0 Å². The second-order valence-electron chi connectivity index (χ2n) is 6.98. The van der Waals surface area contributed by atoms with Gasteiger partial charge in [0.05, 0.1) is 23.1 Å². The first kappa shape index (κ1) is 17.1. The van der Waals surface area contributed by atoms with Crippen molar-refractivity contribution in [1.29, 1.82) is 0 Å². The van der Waals surface area contributed by atoms with Gasteiger partial charge in [0.15, 0.2) is 5.13 Å². The standard InChI is InChI=1S/C23H14FN5S/c24-22-5-4-21(30-22)14-2-1-3-17-15(14)10-19(27-17)23-16-11-18(13-6-8-25-9-7-13)26-12-20(16)28-29-23/h1-12,27H,(H,28,29). The minimum Gasteiger partial charge on any atom is -0.353 e. The van der Waals surface area contributed by atoms with E-state index >= 15 is 0 Å². The smallest absolute Gasteiger partial charge is 0.176 e. The Kier molecular flexibility index (Phi) is 3.75. The predicted molar refractivity (Wildman–Crippen MR) is 118 cm³/mol. The summed E-state index contributed by atoms with van der Waals surface area (Å²) in [6.45, 7) is 0. The molecule has 5 nitrogen and oxygen atoms in total. The Labute approximate surface area is 174 Å². The van der Waals surface area contributed by atoms with E-state index in [0.717, 1.165) is 66.2 Å². The van der Waals surface area contributed by atoms with Crippen LogP contribution < -0.4 is 0 Å². The highest BCUT2D eigenvalue weighted by molar-refractivity contribution is 7.14. The largest absolute Gasteiger partial charge is 0.353 e. The number of hydrogen-bond acceptors (Lipinski definition) is 4. The van der Waals surface area contributed by atoms with Crippen LogP contribution in [0.1, 0.15) is 0 Å². The topological polar surface area (TPSA) is 70.2 Å². The lowest BCUT2D eigenvalue weighted by molar-refractivity contribution is 0.657. The van der Waals surface area contributed by atoms with E-state index in [1.54, 1.807) is 18.6 Å². The number of fused-ring (bicyclic) bond motifs is 2. The molecule has 5 aromatic heterocycles. The number of aromatic amines is 2. The zero-order valence-electron chi connectivity index (χ0n) is 15.6. The fraction of sp³-hybridized carbons (Fsp3) is 0. The van der Waals surface area contributed by atoms with Crippen molar-refractivity contribution in [2.45, 2.75) is 0 Å². The van der Waals surface area contributed by atoms with Crippen molar-refractivity contribution in [2.75, 3.05) is 0 Å². The predicted octanol–water partition coefficient (Wildman–Crippen LogP) is 6.04. The minimum absolute atomic E-state index is 0.188. The number of nitrogens with zero attached hydrogens (tertiary/aromatic N) is 3. The van der Waals surface area contributed by atoms with Crippen molar-refractivity contribution in [3.05, 3.63) is 78.3 Å². The van der Waals surface area contributed by atoms with E-state index in [2.05, 4.69) is 31.2 Å². The summed E-state index contributed by atoms with van der Waals surface area (Å²) in [4.78, 5) is 13.0. The Bertz CT molecular complexity index is 1510. The maximum Gasteiger partial charge on any atom is 0.176 e. The molecule has 0 bridgehead atoms. The summed E-state index contributed by atoms with van der Waals surface area (Å²) < 4.78 is 13.6. The summed E-state index contributed by atoms with van der Waals surface area (Å²) in [6.07, 6.45) is 5.30. The fourth-order valence-corrected chi connectivity index (χ4v) is 4.53.